The molecule has 0 spiro atoms. The Morgan fingerprint density at radius 1 is 1.28 bits per heavy atom. The van der Waals surface area contributed by atoms with Crippen molar-refractivity contribution >= 4 is 11.9 Å². The van der Waals surface area contributed by atoms with Crippen molar-refractivity contribution in [3.8, 4) is 5.75 Å². The highest BCUT2D eigenvalue weighted by Crippen LogP contribution is 2.13. The van der Waals surface area contributed by atoms with Crippen LogP contribution in [0.5, 0.6) is 5.75 Å². The molecule has 0 saturated carbocycles. The minimum absolute atomic E-state index is 0.0520. The van der Waals surface area contributed by atoms with Gasteiger partial charge in [0.25, 0.3) is 0 Å². The quantitative estimate of drug-likeness (QED) is 0.455. The van der Waals surface area contributed by atoms with E-state index < -0.39 is 12.1 Å². The van der Waals surface area contributed by atoms with E-state index in [1.165, 1.54) is 14.2 Å². The molecule has 0 fully saturated rings. The Kier molecular flexibility index (Phi) is 5.13. The monoisotopic (exact) mass is 253 g/mol. The maximum Gasteiger partial charge on any atom is 0.338 e. The molecule has 6 nitrogen and oxygen atoms in total. The van der Waals surface area contributed by atoms with Crippen LogP contribution in [-0.4, -0.2) is 43.9 Å². The van der Waals surface area contributed by atoms with Gasteiger partial charge < -0.3 is 19.3 Å². The number of esters is 1. The zero-order valence-electron chi connectivity index (χ0n) is 10.2. The van der Waals surface area contributed by atoms with Gasteiger partial charge in [-0.25, -0.2) is 4.79 Å². The van der Waals surface area contributed by atoms with E-state index in [0.717, 1.165) is 0 Å². The van der Waals surface area contributed by atoms with Gasteiger partial charge in [-0.05, 0) is 24.3 Å². The highest BCUT2D eigenvalue weighted by molar-refractivity contribution is 5.91. The van der Waals surface area contributed by atoms with Crippen molar-refractivity contribution in [2.24, 2.45) is 0 Å². The van der Waals surface area contributed by atoms with Crippen LogP contribution in [0.2, 0.25) is 0 Å². The van der Waals surface area contributed by atoms with Crippen molar-refractivity contribution in [2.45, 2.75) is 6.10 Å². The molecule has 0 aliphatic rings. The lowest BCUT2D eigenvalue weighted by atomic mass is 10.2. The molecule has 1 unspecified atom stereocenters. The van der Waals surface area contributed by atoms with Gasteiger partial charge in [0.2, 0.25) is 5.90 Å². The standard InChI is InChI=1S/C12H15NO5/c1-16-11(13)8-3-5-9(6-4-8)18-7-10(14)12(15)17-2/h3-6,10,13-14H,7H2,1-2H3. The fourth-order valence-corrected chi connectivity index (χ4v) is 1.20. The molecular formula is C12H15NO5. The molecule has 1 atom stereocenters. The first-order chi connectivity index (χ1) is 8.58. The number of carbonyl (C=O) groups excluding carboxylic acids is 1. The van der Waals surface area contributed by atoms with E-state index in [0.29, 0.717) is 11.3 Å². The third kappa shape index (κ3) is 3.74. The van der Waals surface area contributed by atoms with Crippen LogP contribution in [0.4, 0.5) is 0 Å². The number of methoxy groups -OCH3 is 2. The van der Waals surface area contributed by atoms with Gasteiger partial charge in [-0.15, -0.1) is 0 Å². The molecule has 98 valence electrons. The van der Waals surface area contributed by atoms with Crippen molar-refractivity contribution in [1.29, 1.82) is 5.41 Å². The molecule has 0 aromatic heterocycles. The molecular weight excluding hydrogens is 238 g/mol. The third-order valence-electron chi connectivity index (χ3n) is 2.20. The summed E-state index contributed by atoms with van der Waals surface area (Å²) in [4.78, 5) is 10.9. The Morgan fingerprint density at radius 3 is 2.39 bits per heavy atom. The number of hydrogen-bond donors (Lipinski definition) is 2. The van der Waals surface area contributed by atoms with Gasteiger partial charge in [-0.3, -0.25) is 5.41 Å². The Labute approximate surface area is 105 Å². The van der Waals surface area contributed by atoms with Crippen LogP contribution in [0, 0.1) is 5.41 Å². The fraction of sp³-hybridized carbons (Fsp3) is 0.333. The fourth-order valence-electron chi connectivity index (χ4n) is 1.20. The molecule has 1 aromatic carbocycles. The van der Waals surface area contributed by atoms with Gasteiger partial charge in [0.15, 0.2) is 6.10 Å². The lowest BCUT2D eigenvalue weighted by molar-refractivity contribution is -0.151. The summed E-state index contributed by atoms with van der Waals surface area (Å²) in [5, 5.41) is 16.7. The number of hydrogen-bond acceptors (Lipinski definition) is 6. The molecule has 18 heavy (non-hydrogen) atoms. The average Bonchev–Trinajstić information content (AvgIpc) is 2.43. The Bertz CT molecular complexity index is 415. The summed E-state index contributed by atoms with van der Waals surface area (Å²) in [7, 11) is 2.61. The molecule has 0 bridgehead atoms. The lowest BCUT2D eigenvalue weighted by Gasteiger charge is -2.10. The second-order valence-electron chi connectivity index (χ2n) is 3.41. The van der Waals surface area contributed by atoms with Crippen molar-refractivity contribution in [3.05, 3.63) is 29.8 Å². The summed E-state index contributed by atoms with van der Waals surface area (Å²) in [6.07, 6.45) is -1.31. The van der Waals surface area contributed by atoms with Crippen LogP contribution in [-0.2, 0) is 14.3 Å². The van der Waals surface area contributed by atoms with Gasteiger partial charge in [0.1, 0.15) is 12.4 Å². The molecule has 0 radical (unpaired) electrons. The second kappa shape index (κ2) is 6.61. The first kappa shape index (κ1) is 14.0. The number of rotatable bonds is 5. The number of nitrogens with one attached hydrogen (secondary N) is 1. The van der Waals surface area contributed by atoms with E-state index in [1.54, 1.807) is 24.3 Å². The van der Waals surface area contributed by atoms with E-state index in [2.05, 4.69) is 4.74 Å². The molecule has 2 N–H and O–H groups in total. The molecule has 1 aromatic rings. The summed E-state index contributed by atoms with van der Waals surface area (Å²) >= 11 is 0. The first-order valence-electron chi connectivity index (χ1n) is 5.20. The summed E-state index contributed by atoms with van der Waals surface area (Å²) < 4.78 is 14.3. The van der Waals surface area contributed by atoms with Gasteiger partial charge in [0, 0.05) is 5.56 Å². The van der Waals surface area contributed by atoms with Crippen LogP contribution in [0.3, 0.4) is 0 Å². The van der Waals surface area contributed by atoms with E-state index in [1.807, 2.05) is 0 Å². The number of aliphatic hydroxyl groups excluding tert-OH is 1. The predicted molar refractivity (Wildman–Crippen MR) is 63.8 cm³/mol. The minimum Gasteiger partial charge on any atom is -0.490 e. The molecule has 0 saturated heterocycles. The smallest absolute Gasteiger partial charge is 0.338 e. The third-order valence-corrected chi connectivity index (χ3v) is 2.20. The number of carbonyl (C=O) groups is 1. The zero-order valence-corrected chi connectivity index (χ0v) is 10.2. The van der Waals surface area contributed by atoms with Crippen molar-refractivity contribution in [1.82, 2.24) is 0 Å². The van der Waals surface area contributed by atoms with E-state index >= 15 is 0 Å². The van der Waals surface area contributed by atoms with Crippen molar-refractivity contribution in [3.63, 3.8) is 0 Å². The zero-order chi connectivity index (χ0) is 13.5. The maximum absolute atomic E-state index is 10.9. The number of benzene rings is 1. The summed E-state index contributed by atoms with van der Waals surface area (Å²) in [6, 6.07) is 6.52. The average molecular weight is 253 g/mol. The lowest BCUT2D eigenvalue weighted by Crippen LogP contribution is -2.28. The number of ether oxygens (including phenoxy) is 3. The Hall–Kier alpha value is -2.08. The number of aliphatic hydroxyl groups is 1. The van der Waals surface area contributed by atoms with E-state index in [4.69, 9.17) is 14.9 Å². The van der Waals surface area contributed by atoms with Crippen LogP contribution in [0.15, 0.2) is 24.3 Å². The SMILES string of the molecule is COC(=N)c1ccc(OCC(O)C(=O)OC)cc1. The van der Waals surface area contributed by atoms with Gasteiger partial charge in [0.05, 0.1) is 14.2 Å². The summed E-state index contributed by atoms with van der Waals surface area (Å²) in [5.41, 5.74) is 0.610. The van der Waals surface area contributed by atoms with Gasteiger partial charge in [-0.2, -0.15) is 0 Å². The molecule has 0 amide bonds. The molecule has 0 aliphatic carbocycles. The molecule has 6 heteroatoms. The van der Waals surface area contributed by atoms with Gasteiger partial charge in [-0.1, -0.05) is 0 Å². The largest absolute Gasteiger partial charge is 0.490 e. The molecule has 0 heterocycles. The van der Waals surface area contributed by atoms with Crippen LogP contribution >= 0.6 is 0 Å². The second-order valence-corrected chi connectivity index (χ2v) is 3.41. The first-order valence-corrected chi connectivity index (χ1v) is 5.20. The Morgan fingerprint density at radius 2 is 1.89 bits per heavy atom. The van der Waals surface area contributed by atoms with Crippen LogP contribution in [0.1, 0.15) is 5.56 Å². The minimum atomic E-state index is -1.31. The van der Waals surface area contributed by atoms with Crippen LogP contribution in [0.25, 0.3) is 0 Å². The van der Waals surface area contributed by atoms with Gasteiger partial charge >= 0.3 is 5.97 Å². The topological polar surface area (TPSA) is 88.8 Å². The maximum atomic E-state index is 10.9. The van der Waals surface area contributed by atoms with Crippen molar-refractivity contribution < 1.29 is 24.1 Å². The molecule has 1 rings (SSSR count). The normalized spacial score (nSPS) is 11.5. The molecule has 0 aliphatic heterocycles. The predicted octanol–water partition coefficient (Wildman–Crippen LogP) is 0.571. The van der Waals surface area contributed by atoms with E-state index in [9.17, 15) is 9.90 Å². The summed E-state index contributed by atoms with van der Waals surface area (Å²) in [5.74, 6) is -0.213. The highest BCUT2D eigenvalue weighted by atomic mass is 16.5. The van der Waals surface area contributed by atoms with Crippen molar-refractivity contribution in [2.75, 3.05) is 20.8 Å². The Balaban J connectivity index is 2.54. The van der Waals surface area contributed by atoms with Crippen LogP contribution < -0.4 is 4.74 Å². The van der Waals surface area contributed by atoms with E-state index in [-0.39, 0.29) is 12.5 Å². The highest BCUT2D eigenvalue weighted by Gasteiger charge is 2.15. The summed E-state index contributed by atoms with van der Waals surface area (Å²) in [6.45, 7) is -0.187.